The molecule has 0 aliphatic rings. The van der Waals surface area contributed by atoms with E-state index in [0.717, 1.165) is 30.4 Å². The van der Waals surface area contributed by atoms with Gasteiger partial charge in [0.25, 0.3) is 0 Å². The Balaban J connectivity index is 2.24. The van der Waals surface area contributed by atoms with E-state index in [1.807, 2.05) is 41.3 Å². The molecule has 0 fully saturated rings. The summed E-state index contributed by atoms with van der Waals surface area (Å²) in [4.78, 5) is 10.5. The zero-order chi connectivity index (χ0) is 11.4. The molecule has 0 N–H and O–H groups in total. The first-order valence-corrected chi connectivity index (χ1v) is 5.41. The Morgan fingerprint density at radius 3 is 2.62 bits per heavy atom. The van der Waals surface area contributed by atoms with E-state index >= 15 is 0 Å². The van der Waals surface area contributed by atoms with Crippen molar-refractivity contribution >= 4 is 6.29 Å². The smallest absolute Gasteiger partial charge is 0.150 e. The van der Waals surface area contributed by atoms with Gasteiger partial charge in [-0.25, -0.2) is 0 Å². The van der Waals surface area contributed by atoms with Gasteiger partial charge in [-0.05, 0) is 12.0 Å². The molecule has 1 heterocycles. The molecular formula is C13H14N2O. The fourth-order valence-corrected chi connectivity index (χ4v) is 1.62. The number of carbonyl (C=O) groups is 1. The molecule has 0 aliphatic heterocycles. The number of rotatable bonds is 4. The summed E-state index contributed by atoms with van der Waals surface area (Å²) in [5, 5.41) is 4.27. The second kappa shape index (κ2) is 4.75. The van der Waals surface area contributed by atoms with Crippen LogP contribution < -0.4 is 0 Å². The molecule has 3 heteroatoms. The van der Waals surface area contributed by atoms with Crippen LogP contribution in [-0.2, 0) is 6.54 Å². The summed E-state index contributed by atoms with van der Waals surface area (Å²) in [6, 6.07) is 7.52. The number of nitrogens with zero attached hydrogens (tertiary/aromatic N) is 2. The van der Waals surface area contributed by atoms with Crippen LogP contribution in [0.4, 0.5) is 0 Å². The van der Waals surface area contributed by atoms with Crippen molar-refractivity contribution in [2.45, 2.75) is 19.9 Å². The lowest BCUT2D eigenvalue weighted by atomic mass is 10.1. The van der Waals surface area contributed by atoms with Crippen LogP contribution in [0.15, 0.2) is 36.7 Å². The van der Waals surface area contributed by atoms with Crippen molar-refractivity contribution in [2.75, 3.05) is 0 Å². The van der Waals surface area contributed by atoms with Crippen molar-refractivity contribution in [3.05, 3.63) is 42.2 Å². The molecule has 2 rings (SSSR count). The Morgan fingerprint density at radius 2 is 2.00 bits per heavy atom. The van der Waals surface area contributed by atoms with Gasteiger partial charge in [0.05, 0.1) is 6.20 Å². The van der Waals surface area contributed by atoms with Gasteiger partial charge in [0.2, 0.25) is 0 Å². The molecule has 82 valence electrons. The maximum absolute atomic E-state index is 10.5. The largest absolute Gasteiger partial charge is 0.298 e. The van der Waals surface area contributed by atoms with Crippen molar-refractivity contribution in [2.24, 2.45) is 0 Å². The predicted octanol–water partition coefficient (Wildman–Crippen LogP) is 2.77. The number of benzene rings is 1. The lowest BCUT2D eigenvalue weighted by molar-refractivity contribution is 0.112. The fraction of sp³-hybridized carbons (Fsp3) is 0.231. The molecule has 0 saturated carbocycles. The SMILES string of the molecule is CCCn1cc(-c2ccc(C=O)cc2)cn1. The Morgan fingerprint density at radius 1 is 1.25 bits per heavy atom. The molecule has 16 heavy (non-hydrogen) atoms. The topological polar surface area (TPSA) is 34.9 Å². The van der Waals surface area contributed by atoms with Crippen molar-refractivity contribution in [1.29, 1.82) is 0 Å². The zero-order valence-electron chi connectivity index (χ0n) is 9.26. The van der Waals surface area contributed by atoms with Gasteiger partial charge in [-0.1, -0.05) is 31.2 Å². The van der Waals surface area contributed by atoms with Crippen LogP contribution in [0.25, 0.3) is 11.1 Å². The standard InChI is InChI=1S/C13H14N2O/c1-2-7-15-9-13(8-14-15)12-5-3-11(10-16)4-6-12/h3-6,8-10H,2,7H2,1H3. The predicted molar refractivity (Wildman–Crippen MR) is 63.3 cm³/mol. The first kappa shape index (κ1) is 10.6. The van der Waals surface area contributed by atoms with Crippen LogP contribution in [0.2, 0.25) is 0 Å². The van der Waals surface area contributed by atoms with E-state index in [2.05, 4.69) is 12.0 Å². The average Bonchev–Trinajstić information content (AvgIpc) is 2.78. The third-order valence-electron chi connectivity index (χ3n) is 2.47. The summed E-state index contributed by atoms with van der Waals surface area (Å²) in [6.45, 7) is 3.06. The summed E-state index contributed by atoms with van der Waals surface area (Å²) >= 11 is 0. The maximum Gasteiger partial charge on any atom is 0.150 e. The highest BCUT2D eigenvalue weighted by atomic mass is 16.1. The first-order valence-electron chi connectivity index (χ1n) is 5.41. The Bertz CT molecular complexity index is 471. The van der Waals surface area contributed by atoms with E-state index in [1.165, 1.54) is 0 Å². The lowest BCUT2D eigenvalue weighted by Gasteiger charge is -1.97. The van der Waals surface area contributed by atoms with Crippen molar-refractivity contribution in [3.63, 3.8) is 0 Å². The highest BCUT2D eigenvalue weighted by molar-refractivity contribution is 5.76. The minimum atomic E-state index is 0.699. The molecular weight excluding hydrogens is 200 g/mol. The summed E-state index contributed by atoms with van der Waals surface area (Å²) in [5.74, 6) is 0. The minimum Gasteiger partial charge on any atom is -0.298 e. The molecule has 0 radical (unpaired) electrons. The van der Waals surface area contributed by atoms with Crippen LogP contribution in [0.5, 0.6) is 0 Å². The quantitative estimate of drug-likeness (QED) is 0.733. The Labute approximate surface area is 94.7 Å². The van der Waals surface area contributed by atoms with Gasteiger partial charge in [0, 0.05) is 23.9 Å². The maximum atomic E-state index is 10.5. The number of aryl methyl sites for hydroxylation is 1. The molecule has 0 spiro atoms. The van der Waals surface area contributed by atoms with Crippen molar-refractivity contribution in [3.8, 4) is 11.1 Å². The van der Waals surface area contributed by atoms with Gasteiger partial charge < -0.3 is 0 Å². The van der Waals surface area contributed by atoms with Crippen LogP contribution in [0.1, 0.15) is 23.7 Å². The zero-order valence-corrected chi connectivity index (χ0v) is 9.26. The second-order valence-corrected chi connectivity index (χ2v) is 3.73. The van der Waals surface area contributed by atoms with Gasteiger partial charge in [0.1, 0.15) is 6.29 Å². The van der Waals surface area contributed by atoms with Gasteiger partial charge in [-0.2, -0.15) is 5.10 Å². The van der Waals surface area contributed by atoms with Gasteiger partial charge in [-0.3, -0.25) is 9.48 Å². The molecule has 0 bridgehead atoms. The highest BCUT2D eigenvalue weighted by Gasteiger charge is 2.01. The average molecular weight is 214 g/mol. The molecule has 2 aromatic rings. The van der Waals surface area contributed by atoms with Gasteiger partial charge >= 0.3 is 0 Å². The van der Waals surface area contributed by atoms with Crippen molar-refractivity contribution in [1.82, 2.24) is 9.78 Å². The highest BCUT2D eigenvalue weighted by Crippen LogP contribution is 2.18. The molecule has 0 unspecified atom stereocenters. The van der Waals surface area contributed by atoms with E-state index in [4.69, 9.17) is 0 Å². The Hall–Kier alpha value is -1.90. The van der Waals surface area contributed by atoms with Crippen LogP contribution >= 0.6 is 0 Å². The van der Waals surface area contributed by atoms with E-state index in [0.29, 0.717) is 5.56 Å². The summed E-state index contributed by atoms with van der Waals surface area (Å²) in [7, 11) is 0. The van der Waals surface area contributed by atoms with Crippen LogP contribution in [0, 0.1) is 0 Å². The lowest BCUT2D eigenvalue weighted by Crippen LogP contribution is -1.95. The van der Waals surface area contributed by atoms with E-state index in [-0.39, 0.29) is 0 Å². The normalized spacial score (nSPS) is 10.3. The third kappa shape index (κ3) is 2.19. The minimum absolute atomic E-state index is 0.699. The first-order chi connectivity index (χ1) is 7.83. The Kier molecular flexibility index (Phi) is 3.15. The van der Waals surface area contributed by atoms with E-state index in [1.54, 1.807) is 0 Å². The monoisotopic (exact) mass is 214 g/mol. The van der Waals surface area contributed by atoms with Gasteiger partial charge in [0.15, 0.2) is 0 Å². The summed E-state index contributed by atoms with van der Waals surface area (Å²) < 4.78 is 1.93. The molecule has 3 nitrogen and oxygen atoms in total. The number of hydrogen-bond acceptors (Lipinski definition) is 2. The molecule has 1 aromatic carbocycles. The van der Waals surface area contributed by atoms with Gasteiger partial charge in [-0.15, -0.1) is 0 Å². The number of aromatic nitrogens is 2. The van der Waals surface area contributed by atoms with E-state index < -0.39 is 0 Å². The summed E-state index contributed by atoms with van der Waals surface area (Å²) in [6.07, 6.45) is 5.81. The third-order valence-corrected chi connectivity index (χ3v) is 2.47. The molecule has 0 atom stereocenters. The number of carbonyl (C=O) groups excluding carboxylic acids is 1. The number of aldehydes is 1. The second-order valence-electron chi connectivity index (χ2n) is 3.73. The van der Waals surface area contributed by atoms with E-state index in [9.17, 15) is 4.79 Å². The molecule has 1 aromatic heterocycles. The van der Waals surface area contributed by atoms with Crippen molar-refractivity contribution < 1.29 is 4.79 Å². The number of hydrogen-bond donors (Lipinski definition) is 0. The molecule has 0 aliphatic carbocycles. The van der Waals surface area contributed by atoms with Crippen LogP contribution in [-0.4, -0.2) is 16.1 Å². The summed E-state index contributed by atoms with van der Waals surface area (Å²) in [5.41, 5.74) is 2.88. The molecule has 0 amide bonds. The van der Waals surface area contributed by atoms with Crippen LogP contribution in [0.3, 0.4) is 0 Å². The fourth-order valence-electron chi connectivity index (χ4n) is 1.62. The molecule has 0 saturated heterocycles.